The van der Waals surface area contributed by atoms with E-state index in [1.54, 1.807) is 0 Å². The van der Waals surface area contributed by atoms with Crippen molar-refractivity contribution >= 4 is 30.0 Å². The first-order chi connectivity index (χ1) is 14.0. The SMILES string of the molecule is Cc1cccc(-c2ccccc2Oc2ccc3c(c2)C(C(=O)O)C(N)CC3)c1Cl.Cl. The molecule has 0 aromatic heterocycles. The minimum atomic E-state index is -0.900. The van der Waals surface area contributed by atoms with E-state index >= 15 is 0 Å². The van der Waals surface area contributed by atoms with Crippen molar-refractivity contribution in [1.82, 2.24) is 0 Å². The first kappa shape index (κ1) is 22.2. The molecule has 3 aromatic rings. The zero-order chi connectivity index (χ0) is 20.5. The van der Waals surface area contributed by atoms with E-state index in [4.69, 9.17) is 22.1 Å². The van der Waals surface area contributed by atoms with E-state index in [-0.39, 0.29) is 12.4 Å². The van der Waals surface area contributed by atoms with Crippen LogP contribution in [-0.2, 0) is 11.2 Å². The Morgan fingerprint density at radius 1 is 1.10 bits per heavy atom. The van der Waals surface area contributed by atoms with E-state index in [0.717, 1.165) is 34.2 Å². The van der Waals surface area contributed by atoms with Gasteiger partial charge in [-0.1, -0.05) is 54.1 Å². The fourth-order valence-electron chi connectivity index (χ4n) is 3.95. The van der Waals surface area contributed by atoms with E-state index in [1.807, 2.05) is 67.6 Å². The number of hydrogen-bond acceptors (Lipinski definition) is 3. The van der Waals surface area contributed by atoms with Gasteiger partial charge in [0.25, 0.3) is 0 Å². The molecule has 6 heteroatoms. The number of nitrogens with two attached hydrogens (primary N) is 1. The van der Waals surface area contributed by atoms with Gasteiger partial charge >= 0.3 is 5.97 Å². The van der Waals surface area contributed by atoms with E-state index in [0.29, 0.717) is 22.9 Å². The highest BCUT2D eigenvalue weighted by molar-refractivity contribution is 6.34. The van der Waals surface area contributed by atoms with E-state index < -0.39 is 17.9 Å². The molecule has 0 bridgehead atoms. The molecule has 1 aliphatic carbocycles. The highest BCUT2D eigenvalue weighted by atomic mass is 35.5. The lowest BCUT2D eigenvalue weighted by Crippen LogP contribution is -2.37. The lowest BCUT2D eigenvalue weighted by atomic mass is 9.79. The van der Waals surface area contributed by atoms with Gasteiger partial charge in [0.05, 0.1) is 10.9 Å². The molecule has 0 saturated heterocycles. The molecular formula is C24H23Cl2NO3. The number of fused-ring (bicyclic) bond motifs is 1. The van der Waals surface area contributed by atoms with Crippen LogP contribution < -0.4 is 10.5 Å². The summed E-state index contributed by atoms with van der Waals surface area (Å²) in [6.45, 7) is 1.97. The Labute approximate surface area is 187 Å². The molecule has 0 radical (unpaired) electrons. The van der Waals surface area contributed by atoms with Crippen molar-refractivity contribution in [2.45, 2.75) is 31.7 Å². The Bertz CT molecular complexity index is 1080. The minimum Gasteiger partial charge on any atom is -0.481 e. The zero-order valence-corrected chi connectivity index (χ0v) is 18.0. The number of carboxylic acids is 1. The predicted molar refractivity (Wildman–Crippen MR) is 122 cm³/mol. The normalized spacial score (nSPS) is 17.6. The van der Waals surface area contributed by atoms with E-state index in [1.165, 1.54) is 0 Å². The Kier molecular flexibility index (Phi) is 6.71. The molecule has 4 rings (SSSR count). The second kappa shape index (κ2) is 9.09. The smallest absolute Gasteiger partial charge is 0.312 e. The largest absolute Gasteiger partial charge is 0.481 e. The zero-order valence-electron chi connectivity index (χ0n) is 16.5. The number of aliphatic carboxylic acids is 1. The van der Waals surface area contributed by atoms with Crippen molar-refractivity contribution in [2.75, 3.05) is 0 Å². The molecule has 0 amide bonds. The highest BCUT2D eigenvalue weighted by Gasteiger charge is 2.33. The predicted octanol–water partition coefficient (Wildman–Crippen LogP) is 5.97. The monoisotopic (exact) mass is 443 g/mol. The highest BCUT2D eigenvalue weighted by Crippen LogP contribution is 2.40. The van der Waals surface area contributed by atoms with Gasteiger partial charge in [-0.25, -0.2) is 0 Å². The van der Waals surface area contributed by atoms with Gasteiger partial charge < -0.3 is 15.6 Å². The molecule has 1 aliphatic rings. The Morgan fingerprint density at radius 2 is 1.83 bits per heavy atom. The van der Waals surface area contributed by atoms with Crippen LogP contribution in [0.4, 0.5) is 0 Å². The van der Waals surface area contributed by atoms with Crippen LogP contribution >= 0.6 is 24.0 Å². The van der Waals surface area contributed by atoms with E-state index in [9.17, 15) is 9.90 Å². The summed E-state index contributed by atoms with van der Waals surface area (Å²) in [4.78, 5) is 11.8. The second-order valence-corrected chi connectivity index (χ2v) is 7.79. The van der Waals surface area contributed by atoms with Gasteiger partial charge in [-0.2, -0.15) is 0 Å². The summed E-state index contributed by atoms with van der Waals surface area (Å²) in [6.07, 6.45) is 1.44. The number of hydrogen-bond donors (Lipinski definition) is 2. The topological polar surface area (TPSA) is 72.5 Å². The van der Waals surface area contributed by atoms with Crippen LogP contribution in [0.2, 0.25) is 5.02 Å². The summed E-state index contributed by atoms with van der Waals surface area (Å²) in [5.41, 5.74) is 10.6. The number of ether oxygens (including phenoxy) is 1. The third kappa shape index (κ3) is 4.17. The molecule has 0 heterocycles. The van der Waals surface area contributed by atoms with E-state index in [2.05, 4.69) is 0 Å². The molecular weight excluding hydrogens is 421 g/mol. The van der Waals surface area contributed by atoms with Crippen molar-refractivity contribution in [1.29, 1.82) is 0 Å². The van der Waals surface area contributed by atoms with Crippen LogP contribution in [-0.4, -0.2) is 17.1 Å². The molecule has 0 aliphatic heterocycles. The molecule has 2 unspecified atom stereocenters. The summed E-state index contributed by atoms with van der Waals surface area (Å²) in [7, 11) is 0. The van der Waals surface area contributed by atoms with Crippen molar-refractivity contribution in [2.24, 2.45) is 5.73 Å². The van der Waals surface area contributed by atoms with Crippen LogP contribution in [0.3, 0.4) is 0 Å². The summed E-state index contributed by atoms with van der Waals surface area (Å²) in [6, 6.07) is 18.8. The van der Waals surface area contributed by atoms with Gasteiger partial charge in [-0.05, 0) is 54.7 Å². The van der Waals surface area contributed by atoms with Crippen molar-refractivity contribution < 1.29 is 14.6 Å². The molecule has 156 valence electrons. The Morgan fingerprint density at radius 3 is 2.60 bits per heavy atom. The maximum Gasteiger partial charge on any atom is 0.312 e. The number of halogens is 2. The standard InChI is InChI=1S/C24H22ClNO3.ClH/c1-14-5-4-7-18(23(14)25)17-6-2-3-8-21(17)29-16-11-9-15-10-12-20(26)22(24(27)28)19(15)13-16;/h2-9,11,13,20,22H,10,12,26H2,1H3,(H,27,28);1H. The average Bonchev–Trinajstić information content (AvgIpc) is 2.70. The molecule has 3 N–H and O–H groups in total. The molecule has 4 nitrogen and oxygen atoms in total. The van der Waals surface area contributed by atoms with Crippen LogP contribution in [0.5, 0.6) is 11.5 Å². The number of carboxylic acid groups (broad SMARTS) is 1. The second-order valence-electron chi connectivity index (χ2n) is 7.41. The lowest BCUT2D eigenvalue weighted by molar-refractivity contribution is -0.139. The van der Waals surface area contributed by atoms with Gasteiger partial charge in [0.2, 0.25) is 0 Å². The molecule has 0 spiro atoms. The summed E-state index contributed by atoms with van der Waals surface area (Å²) in [5.74, 6) is -0.376. The van der Waals surface area contributed by atoms with Crippen molar-refractivity contribution in [3.8, 4) is 22.6 Å². The van der Waals surface area contributed by atoms with Crippen molar-refractivity contribution in [3.63, 3.8) is 0 Å². The number of benzene rings is 3. The molecule has 2 atom stereocenters. The third-order valence-corrected chi connectivity index (χ3v) is 5.99. The fraction of sp³-hybridized carbons (Fsp3) is 0.208. The summed E-state index contributed by atoms with van der Waals surface area (Å²) >= 11 is 6.53. The quantitative estimate of drug-likeness (QED) is 0.520. The average molecular weight is 444 g/mol. The van der Waals surface area contributed by atoms with Crippen molar-refractivity contribution in [3.05, 3.63) is 82.4 Å². The van der Waals surface area contributed by atoms with Gasteiger partial charge in [0.15, 0.2) is 0 Å². The third-order valence-electron chi connectivity index (χ3n) is 5.49. The summed E-state index contributed by atoms with van der Waals surface area (Å²) < 4.78 is 6.20. The molecule has 0 fully saturated rings. The Balaban J connectivity index is 0.00000256. The van der Waals surface area contributed by atoms with Crippen LogP contribution in [0, 0.1) is 6.92 Å². The van der Waals surface area contributed by atoms with Gasteiger partial charge in [-0.3, -0.25) is 4.79 Å². The summed E-state index contributed by atoms with van der Waals surface area (Å²) in [5, 5.41) is 10.3. The molecule has 0 saturated carbocycles. The maximum absolute atomic E-state index is 11.8. The molecule has 30 heavy (non-hydrogen) atoms. The number of rotatable bonds is 4. The van der Waals surface area contributed by atoms with Crippen LogP contribution in [0.1, 0.15) is 29.0 Å². The van der Waals surface area contributed by atoms with Gasteiger partial charge in [0.1, 0.15) is 11.5 Å². The van der Waals surface area contributed by atoms with Crippen LogP contribution in [0.25, 0.3) is 11.1 Å². The minimum absolute atomic E-state index is 0. The number of carbonyl (C=O) groups is 1. The lowest BCUT2D eigenvalue weighted by Gasteiger charge is -2.28. The first-order valence-electron chi connectivity index (χ1n) is 9.59. The fourth-order valence-corrected chi connectivity index (χ4v) is 4.18. The maximum atomic E-state index is 11.8. The number of para-hydroxylation sites is 1. The number of aryl methyl sites for hydroxylation is 2. The Hall–Kier alpha value is -2.53. The molecule has 3 aromatic carbocycles. The van der Waals surface area contributed by atoms with Gasteiger partial charge in [-0.15, -0.1) is 12.4 Å². The van der Waals surface area contributed by atoms with Crippen LogP contribution in [0.15, 0.2) is 60.7 Å². The first-order valence-corrected chi connectivity index (χ1v) is 9.97. The van der Waals surface area contributed by atoms with Gasteiger partial charge in [0, 0.05) is 17.2 Å².